The third kappa shape index (κ3) is 2.32. The van der Waals surface area contributed by atoms with Crippen LogP contribution in [-0.2, 0) is 6.42 Å². The largest absolute Gasteiger partial charge is 0.339 e. The highest BCUT2D eigenvalue weighted by Crippen LogP contribution is 2.27. The van der Waals surface area contributed by atoms with Gasteiger partial charge in [-0.15, -0.1) is 0 Å². The smallest absolute Gasteiger partial charge is 0.138 e. The molecule has 0 amide bonds. The zero-order chi connectivity index (χ0) is 15.1. The molecular weight excluding hydrogens is 336 g/mol. The molecule has 0 aliphatic carbocycles. The lowest BCUT2D eigenvalue weighted by Crippen LogP contribution is -1.95. The molecule has 0 aliphatic heterocycles. The highest BCUT2D eigenvalue weighted by Gasteiger charge is 2.09. The minimum atomic E-state index is 0.904. The summed E-state index contributed by atoms with van der Waals surface area (Å²) in [4.78, 5) is 8.16. The van der Waals surface area contributed by atoms with Crippen molar-refractivity contribution in [2.24, 2.45) is 0 Å². The maximum absolute atomic E-state index is 4.76. The molecule has 0 bridgehead atoms. The van der Waals surface area contributed by atoms with Crippen LogP contribution >= 0.6 is 15.9 Å². The Balaban J connectivity index is 1.84. The van der Waals surface area contributed by atoms with Gasteiger partial charge in [-0.2, -0.15) is 0 Å². The van der Waals surface area contributed by atoms with Crippen LogP contribution in [0, 0.1) is 6.92 Å². The van der Waals surface area contributed by atoms with Gasteiger partial charge in [-0.05, 0) is 48.7 Å². The van der Waals surface area contributed by atoms with Gasteiger partial charge in [-0.25, -0.2) is 4.98 Å². The van der Waals surface area contributed by atoms with Crippen LogP contribution in [-0.4, -0.2) is 9.97 Å². The average Bonchev–Trinajstić information content (AvgIpc) is 2.87. The topological polar surface area (TPSA) is 28.7 Å². The number of pyridine rings is 1. The molecule has 0 radical (unpaired) electrons. The molecule has 0 atom stereocenters. The van der Waals surface area contributed by atoms with E-state index in [1.807, 2.05) is 6.07 Å². The number of fused-ring (bicyclic) bond motifs is 3. The first-order valence-corrected chi connectivity index (χ1v) is 8.11. The van der Waals surface area contributed by atoms with Crippen LogP contribution in [0.25, 0.3) is 21.9 Å². The summed E-state index contributed by atoms with van der Waals surface area (Å²) in [6.45, 7) is 2.08. The third-order valence-electron chi connectivity index (χ3n) is 4.10. The van der Waals surface area contributed by atoms with Gasteiger partial charge in [0.05, 0.1) is 0 Å². The molecule has 0 saturated carbocycles. The molecule has 2 aromatic carbocycles. The molecule has 4 rings (SSSR count). The number of aromatic nitrogens is 2. The highest BCUT2D eigenvalue weighted by molar-refractivity contribution is 9.10. The molecule has 3 heteroatoms. The van der Waals surface area contributed by atoms with E-state index in [1.165, 1.54) is 21.9 Å². The molecule has 0 saturated heterocycles. The van der Waals surface area contributed by atoms with E-state index in [0.29, 0.717) is 0 Å². The number of rotatable bonds is 2. The predicted molar refractivity (Wildman–Crippen MR) is 95.3 cm³/mol. The second-order valence-electron chi connectivity index (χ2n) is 5.60. The maximum atomic E-state index is 4.76. The first-order chi connectivity index (χ1) is 10.7. The van der Waals surface area contributed by atoms with E-state index in [2.05, 4.69) is 76.4 Å². The summed E-state index contributed by atoms with van der Waals surface area (Å²) < 4.78 is 1.11. The van der Waals surface area contributed by atoms with Crippen molar-refractivity contribution in [1.82, 2.24) is 9.97 Å². The highest BCUT2D eigenvalue weighted by atomic mass is 79.9. The van der Waals surface area contributed by atoms with Gasteiger partial charge in [-0.3, -0.25) is 0 Å². The normalized spacial score (nSPS) is 11.4. The number of hydrogen-bond acceptors (Lipinski definition) is 1. The number of hydrogen-bond donors (Lipinski definition) is 1. The van der Waals surface area contributed by atoms with Crippen LogP contribution in [0.1, 0.15) is 16.8 Å². The van der Waals surface area contributed by atoms with Gasteiger partial charge in [0.15, 0.2) is 0 Å². The number of para-hydroxylation sites is 1. The number of nitrogens with one attached hydrogen (secondary N) is 1. The molecule has 0 spiro atoms. The van der Waals surface area contributed by atoms with Crippen LogP contribution in [0.15, 0.2) is 59.1 Å². The number of H-pyrrole nitrogens is 1. The van der Waals surface area contributed by atoms with Crippen molar-refractivity contribution in [1.29, 1.82) is 0 Å². The Labute approximate surface area is 137 Å². The Morgan fingerprint density at radius 1 is 1.00 bits per heavy atom. The molecule has 2 heterocycles. The first kappa shape index (κ1) is 13.5. The number of benzene rings is 2. The molecule has 2 nitrogen and oxygen atoms in total. The first-order valence-electron chi connectivity index (χ1n) is 7.32. The van der Waals surface area contributed by atoms with Crippen LogP contribution in [0.2, 0.25) is 0 Å². The number of aromatic amines is 1. The minimum absolute atomic E-state index is 0.904. The van der Waals surface area contributed by atoms with Crippen molar-refractivity contribution < 1.29 is 0 Å². The standard InChI is InChI=1S/C19H15BrN2/c1-12-14(10-13-6-8-15(20)9-7-13)11-17-16-4-2-3-5-18(16)22-19(17)21-12/h2-9,11H,10H2,1H3,(H,21,22). The number of nitrogens with zero attached hydrogens (tertiary/aromatic N) is 1. The lowest BCUT2D eigenvalue weighted by Gasteiger charge is -2.06. The average molecular weight is 351 g/mol. The van der Waals surface area contributed by atoms with Crippen molar-refractivity contribution in [3.05, 3.63) is 75.9 Å². The maximum Gasteiger partial charge on any atom is 0.138 e. The van der Waals surface area contributed by atoms with Crippen molar-refractivity contribution in [2.45, 2.75) is 13.3 Å². The Kier molecular flexibility index (Phi) is 3.23. The molecule has 0 fully saturated rings. The summed E-state index contributed by atoms with van der Waals surface area (Å²) in [6, 6.07) is 19.1. The minimum Gasteiger partial charge on any atom is -0.339 e. The molecular formula is C19H15BrN2. The number of halogens is 1. The quantitative estimate of drug-likeness (QED) is 0.516. The molecule has 0 unspecified atom stereocenters. The second kappa shape index (κ2) is 5.25. The summed E-state index contributed by atoms with van der Waals surface area (Å²) in [5.74, 6) is 0. The van der Waals surface area contributed by atoms with E-state index in [4.69, 9.17) is 4.98 Å². The van der Waals surface area contributed by atoms with Gasteiger partial charge >= 0.3 is 0 Å². The van der Waals surface area contributed by atoms with E-state index in [0.717, 1.165) is 27.8 Å². The van der Waals surface area contributed by atoms with Crippen LogP contribution in [0.5, 0.6) is 0 Å². The fraction of sp³-hybridized carbons (Fsp3) is 0.105. The zero-order valence-electron chi connectivity index (χ0n) is 12.2. The van der Waals surface area contributed by atoms with E-state index >= 15 is 0 Å². The lowest BCUT2D eigenvalue weighted by molar-refractivity contribution is 1.10. The lowest BCUT2D eigenvalue weighted by atomic mass is 10.0. The van der Waals surface area contributed by atoms with E-state index in [9.17, 15) is 0 Å². The van der Waals surface area contributed by atoms with Crippen molar-refractivity contribution in [3.8, 4) is 0 Å². The third-order valence-corrected chi connectivity index (χ3v) is 4.62. The van der Waals surface area contributed by atoms with Crippen LogP contribution < -0.4 is 0 Å². The van der Waals surface area contributed by atoms with E-state index < -0.39 is 0 Å². The van der Waals surface area contributed by atoms with Gasteiger partial charge in [-0.1, -0.05) is 46.3 Å². The monoisotopic (exact) mass is 350 g/mol. The molecule has 4 aromatic rings. The second-order valence-corrected chi connectivity index (χ2v) is 6.52. The van der Waals surface area contributed by atoms with Gasteiger partial charge in [0.25, 0.3) is 0 Å². The van der Waals surface area contributed by atoms with Crippen molar-refractivity contribution in [3.63, 3.8) is 0 Å². The van der Waals surface area contributed by atoms with Gasteiger partial charge in [0, 0.05) is 26.5 Å². The predicted octanol–water partition coefficient (Wildman–Crippen LogP) is 5.38. The summed E-state index contributed by atoms with van der Waals surface area (Å²) >= 11 is 3.48. The fourth-order valence-corrected chi connectivity index (χ4v) is 3.17. The Hall–Kier alpha value is -2.13. The summed E-state index contributed by atoms with van der Waals surface area (Å²) in [7, 11) is 0. The zero-order valence-corrected chi connectivity index (χ0v) is 13.8. The van der Waals surface area contributed by atoms with E-state index in [1.54, 1.807) is 0 Å². The van der Waals surface area contributed by atoms with Crippen molar-refractivity contribution >= 4 is 37.9 Å². The molecule has 1 N–H and O–H groups in total. The van der Waals surface area contributed by atoms with Crippen LogP contribution in [0.4, 0.5) is 0 Å². The van der Waals surface area contributed by atoms with Gasteiger partial charge in [0.2, 0.25) is 0 Å². The summed E-state index contributed by atoms with van der Waals surface area (Å²) in [5.41, 5.74) is 5.78. The summed E-state index contributed by atoms with van der Waals surface area (Å²) in [5, 5.41) is 2.44. The number of aryl methyl sites for hydroxylation is 1. The Morgan fingerprint density at radius 3 is 2.59 bits per heavy atom. The molecule has 0 aliphatic rings. The van der Waals surface area contributed by atoms with Gasteiger partial charge in [0.1, 0.15) is 5.65 Å². The molecule has 2 aromatic heterocycles. The van der Waals surface area contributed by atoms with E-state index in [-0.39, 0.29) is 0 Å². The van der Waals surface area contributed by atoms with Crippen molar-refractivity contribution in [2.75, 3.05) is 0 Å². The van der Waals surface area contributed by atoms with Gasteiger partial charge < -0.3 is 4.98 Å². The molecule has 108 valence electrons. The van der Waals surface area contributed by atoms with Crippen LogP contribution in [0.3, 0.4) is 0 Å². The molecule has 22 heavy (non-hydrogen) atoms. The SMILES string of the molecule is Cc1nc2[nH]c3ccccc3c2cc1Cc1ccc(Br)cc1. The fourth-order valence-electron chi connectivity index (χ4n) is 2.90. The summed E-state index contributed by atoms with van der Waals surface area (Å²) in [6.07, 6.45) is 0.904. The Morgan fingerprint density at radius 2 is 1.77 bits per heavy atom. The Bertz CT molecular complexity index is 968.